The van der Waals surface area contributed by atoms with Gasteiger partial charge in [-0.1, -0.05) is 24.3 Å². The molecule has 3 nitrogen and oxygen atoms in total. The lowest BCUT2D eigenvalue weighted by atomic mass is 10.1. The molecule has 2 rings (SSSR count). The first-order chi connectivity index (χ1) is 8.27. The molecule has 0 saturated carbocycles. The predicted molar refractivity (Wildman–Crippen MR) is 72.6 cm³/mol. The van der Waals surface area contributed by atoms with Crippen LogP contribution in [0.25, 0.3) is 0 Å². The number of rotatable bonds is 4. The summed E-state index contributed by atoms with van der Waals surface area (Å²) in [5, 5.41) is 8.23. The van der Waals surface area contributed by atoms with Crippen molar-refractivity contribution in [1.82, 2.24) is 0 Å². The molecule has 0 aromatic heterocycles. The minimum absolute atomic E-state index is 0.160. The molecule has 4 heteroatoms. The molecular weight excluding hydrogens is 232 g/mol. The summed E-state index contributed by atoms with van der Waals surface area (Å²) < 4.78 is 5.35. The number of nitrogens with one attached hydrogen (secondary N) is 1. The molecule has 0 radical (unpaired) electrons. The lowest BCUT2D eigenvalue weighted by molar-refractivity contribution is 0.1000. The normalized spacial score (nSPS) is 16.9. The van der Waals surface area contributed by atoms with Crippen molar-refractivity contribution < 1.29 is 4.74 Å². The van der Waals surface area contributed by atoms with Gasteiger partial charge in [0.2, 0.25) is 0 Å². The minimum Gasteiger partial charge on any atom is -0.384 e. The van der Waals surface area contributed by atoms with E-state index in [9.17, 15) is 0 Å². The lowest BCUT2D eigenvalue weighted by Crippen LogP contribution is -2.18. The number of amidine groups is 1. The van der Waals surface area contributed by atoms with Gasteiger partial charge >= 0.3 is 0 Å². The zero-order chi connectivity index (χ0) is 12.1. The van der Waals surface area contributed by atoms with Crippen LogP contribution >= 0.6 is 11.8 Å². The van der Waals surface area contributed by atoms with Gasteiger partial charge in [-0.3, -0.25) is 5.41 Å². The molecule has 1 saturated heterocycles. The highest BCUT2D eigenvalue weighted by Gasteiger charge is 2.15. The zero-order valence-electron chi connectivity index (χ0n) is 9.82. The third-order valence-electron chi connectivity index (χ3n) is 2.95. The fourth-order valence-corrected chi connectivity index (χ4v) is 3.15. The first-order valence-electron chi connectivity index (χ1n) is 5.89. The summed E-state index contributed by atoms with van der Waals surface area (Å²) >= 11 is 1.95. The second kappa shape index (κ2) is 6.07. The van der Waals surface area contributed by atoms with Crippen molar-refractivity contribution in [3.63, 3.8) is 0 Å². The maximum atomic E-state index is 7.55. The Labute approximate surface area is 106 Å². The largest absolute Gasteiger partial charge is 0.384 e. The van der Waals surface area contributed by atoms with Gasteiger partial charge < -0.3 is 10.5 Å². The van der Waals surface area contributed by atoms with E-state index < -0.39 is 0 Å². The summed E-state index contributed by atoms with van der Waals surface area (Å²) in [5.74, 6) is 1.09. The quantitative estimate of drug-likeness (QED) is 0.637. The standard InChI is InChI=1S/C13H18N2OS/c14-13(15)12-4-2-1-3-10(12)9-17-11-5-7-16-8-6-11/h1-4,11H,5-9H2,(H3,14,15). The maximum absolute atomic E-state index is 7.55. The van der Waals surface area contributed by atoms with Crippen LogP contribution in [0.5, 0.6) is 0 Å². The van der Waals surface area contributed by atoms with Crippen LogP contribution in [0.15, 0.2) is 24.3 Å². The average Bonchev–Trinajstić information content (AvgIpc) is 2.38. The van der Waals surface area contributed by atoms with Crippen molar-refractivity contribution in [2.24, 2.45) is 5.73 Å². The molecule has 17 heavy (non-hydrogen) atoms. The highest BCUT2D eigenvalue weighted by Crippen LogP contribution is 2.26. The Bertz CT molecular complexity index is 389. The summed E-state index contributed by atoms with van der Waals surface area (Å²) in [7, 11) is 0. The monoisotopic (exact) mass is 250 g/mol. The topological polar surface area (TPSA) is 59.1 Å². The summed E-state index contributed by atoms with van der Waals surface area (Å²) in [4.78, 5) is 0. The van der Waals surface area contributed by atoms with E-state index in [0.717, 1.165) is 42.9 Å². The van der Waals surface area contributed by atoms with Gasteiger partial charge in [-0.05, 0) is 18.4 Å². The number of benzene rings is 1. The Balaban J connectivity index is 1.96. The van der Waals surface area contributed by atoms with Gasteiger partial charge in [0.25, 0.3) is 0 Å². The van der Waals surface area contributed by atoms with Crippen LogP contribution in [0, 0.1) is 5.41 Å². The van der Waals surface area contributed by atoms with E-state index in [1.54, 1.807) is 0 Å². The summed E-state index contributed by atoms with van der Waals surface area (Å²) in [6.07, 6.45) is 2.26. The minimum atomic E-state index is 0.160. The molecule has 3 N–H and O–H groups in total. The van der Waals surface area contributed by atoms with Crippen LogP contribution in [0.3, 0.4) is 0 Å². The summed E-state index contributed by atoms with van der Waals surface area (Å²) in [6, 6.07) is 7.91. The number of hydrogen-bond acceptors (Lipinski definition) is 3. The Morgan fingerprint density at radius 2 is 2.06 bits per heavy atom. The number of nitrogens with two attached hydrogens (primary N) is 1. The van der Waals surface area contributed by atoms with Crippen LogP contribution < -0.4 is 5.73 Å². The van der Waals surface area contributed by atoms with Gasteiger partial charge in [-0.25, -0.2) is 0 Å². The fourth-order valence-electron chi connectivity index (χ4n) is 1.96. The first kappa shape index (κ1) is 12.5. The summed E-state index contributed by atoms with van der Waals surface area (Å²) in [5.41, 5.74) is 7.61. The number of hydrogen-bond donors (Lipinski definition) is 2. The van der Waals surface area contributed by atoms with Gasteiger partial charge in [-0.2, -0.15) is 11.8 Å². The fraction of sp³-hybridized carbons (Fsp3) is 0.462. The Kier molecular flexibility index (Phi) is 4.45. The van der Waals surface area contributed by atoms with Crippen molar-refractivity contribution in [2.45, 2.75) is 23.8 Å². The molecule has 0 aliphatic carbocycles. The van der Waals surface area contributed by atoms with E-state index in [4.69, 9.17) is 15.9 Å². The first-order valence-corrected chi connectivity index (χ1v) is 6.94. The maximum Gasteiger partial charge on any atom is 0.123 e. The molecule has 1 aromatic rings. The number of ether oxygens (including phenoxy) is 1. The number of thioether (sulfide) groups is 1. The van der Waals surface area contributed by atoms with Gasteiger partial charge in [0.15, 0.2) is 0 Å². The van der Waals surface area contributed by atoms with Crippen molar-refractivity contribution in [2.75, 3.05) is 13.2 Å². The Hall–Kier alpha value is -1.00. The molecular formula is C13H18N2OS. The van der Waals surface area contributed by atoms with Crippen molar-refractivity contribution in [1.29, 1.82) is 5.41 Å². The molecule has 1 aromatic carbocycles. The predicted octanol–water partition coefficient (Wildman–Crippen LogP) is 2.38. The zero-order valence-corrected chi connectivity index (χ0v) is 10.6. The van der Waals surface area contributed by atoms with E-state index >= 15 is 0 Å². The molecule has 0 atom stereocenters. The van der Waals surface area contributed by atoms with E-state index in [0.29, 0.717) is 5.25 Å². The van der Waals surface area contributed by atoms with Crippen LogP contribution in [0.4, 0.5) is 0 Å². The van der Waals surface area contributed by atoms with Crippen molar-refractivity contribution in [3.05, 3.63) is 35.4 Å². The van der Waals surface area contributed by atoms with Crippen LogP contribution in [0.1, 0.15) is 24.0 Å². The molecule has 0 unspecified atom stereocenters. The van der Waals surface area contributed by atoms with Crippen LogP contribution in [0.2, 0.25) is 0 Å². The highest BCUT2D eigenvalue weighted by atomic mass is 32.2. The summed E-state index contributed by atoms with van der Waals surface area (Å²) in [6.45, 7) is 1.76. The molecule has 1 aliphatic heterocycles. The second-order valence-corrected chi connectivity index (χ2v) is 5.48. The van der Waals surface area contributed by atoms with Crippen LogP contribution in [-0.4, -0.2) is 24.3 Å². The molecule has 0 bridgehead atoms. The lowest BCUT2D eigenvalue weighted by Gasteiger charge is -2.21. The molecule has 0 spiro atoms. The third kappa shape index (κ3) is 3.48. The Morgan fingerprint density at radius 3 is 2.76 bits per heavy atom. The van der Waals surface area contributed by atoms with E-state index in [1.807, 2.05) is 30.0 Å². The van der Waals surface area contributed by atoms with E-state index in [2.05, 4.69) is 6.07 Å². The molecule has 0 amide bonds. The SMILES string of the molecule is N=C(N)c1ccccc1CSC1CCOCC1. The molecule has 1 aliphatic rings. The highest BCUT2D eigenvalue weighted by molar-refractivity contribution is 7.99. The van der Waals surface area contributed by atoms with Gasteiger partial charge in [-0.15, -0.1) is 0 Å². The van der Waals surface area contributed by atoms with Crippen molar-refractivity contribution >= 4 is 17.6 Å². The van der Waals surface area contributed by atoms with Gasteiger partial charge in [0.05, 0.1) is 0 Å². The van der Waals surface area contributed by atoms with Crippen LogP contribution in [-0.2, 0) is 10.5 Å². The van der Waals surface area contributed by atoms with E-state index in [-0.39, 0.29) is 5.84 Å². The van der Waals surface area contributed by atoms with Crippen molar-refractivity contribution in [3.8, 4) is 0 Å². The number of nitrogen functional groups attached to an aromatic ring is 1. The van der Waals surface area contributed by atoms with Gasteiger partial charge in [0.1, 0.15) is 5.84 Å². The van der Waals surface area contributed by atoms with E-state index in [1.165, 1.54) is 0 Å². The third-order valence-corrected chi connectivity index (χ3v) is 4.37. The molecule has 1 heterocycles. The van der Waals surface area contributed by atoms with Gasteiger partial charge in [0, 0.05) is 29.8 Å². The Morgan fingerprint density at radius 1 is 1.35 bits per heavy atom. The molecule has 1 fully saturated rings. The smallest absolute Gasteiger partial charge is 0.123 e. The second-order valence-electron chi connectivity index (χ2n) is 4.19. The molecule has 92 valence electrons. The average molecular weight is 250 g/mol.